The van der Waals surface area contributed by atoms with Crippen molar-refractivity contribution >= 4 is 29.5 Å². The quantitative estimate of drug-likeness (QED) is 0.142. The molecular weight excluding hydrogens is 979 g/mol. The molecule has 3 aromatic heterocycles. The fourth-order valence-electron chi connectivity index (χ4n) is 8.95. The minimum absolute atomic E-state index is 0.0876. The summed E-state index contributed by atoms with van der Waals surface area (Å²) in [6.07, 6.45) is 4.50. The second-order valence-electron chi connectivity index (χ2n) is 18.8. The van der Waals surface area contributed by atoms with Gasteiger partial charge in [-0.25, -0.2) is 0 Å². The van der Waals surface area contributed by atoms with E-state index in [1.807, 2.05) is 67.0 Å². The van der Waals surface area contributed by atoms with Crippen LogP contribution < -0.4 is 9.55 Å². The number of benzene rings is 6. The molecule has 1 aliphatic rings. The molecule has 10 rings (SSSR count). The molecule has 4 heterocycles. The summed E-state index contributed by atoms with van der Waals surface area (Å²) in [6, 6.07) is 39.5. The van der Waals surface area contributed by atoms with Crippen molar-refractivity contribution in [3.63, 3.8) is 0 Å². The molecular formula is C56H53BN6OPt. The zero-order valence-electron chi connectivity index (χ0n) is 42.9. The molecule has 0 saturated heterocycles. The summed E-state index contributed by atoms with van der Waals surface area (Å²) < 4.78 is 58.6. The van der Waals surface area contributed by atoms with E-state index >= 15 is 0 Å². The molecule has 0 atom stereocenters. The number of hydrogen-bond acceptors (Lipinski definition) is 4. The third kappa shape index (κ3) is 7.72. The van der Waals surface area contributed by atoms with Crippen LogP contribution in [0.25, 0.3) is 55.9 Å². The van der Waals surface area contributed by atoms with E-state index in [1.54, 1.807) is 0 Å². The number of aryl methyl sites for hydroxylation is 1. The molecule has 0 amide bonds. The maximum atomic E-state index is 9.26. The average molecular weight is 1040 g/mol. The SMILES string of the molecule is [2H]c1c([2H])c([2H])c(-c2cccc(-c3cc(C(C)(C)C)cc(C(C)(C)C)c3)c2-n2[c](=[Pt])n(-c3cccc(Oc4ccc5c(c4)N(c4cc(C)ccn4)B(CC)n4nccc4-5)c3)c3ccccc32)c([2H])c1[2H]. The predicted molar refractivity (Wildman–Crippen MR) is 265 cm³/mol. The second-order valence-corrected chi connectivity index (χ2v) is 19.8. The van der Waals surface area contributed by atoms with Gasteiger partial charge < -0.3 is 0 Å². The van der Waals surface area contributed by atoms with Crippen LogP contribution in [0.3, 0.4) is 0 Å². The van der Waals surface area contributed by atoms with Crippen molar-refractivity contribution in [3.8, 4) is 56.4 Å². The van der Waals surface area contributed by atoms with Crippen molar-refractivity contribution in [2.75, 3.05) is 4.81 Å². The fraction of sp³-hybridized carbons (Fsp3) is 0.196. The molecule has 326 valence electrons. The number of rotatable bonds is 8. The zero-order valence-corrected chi connectivity index (χ0v) is 40.2. The number of pyridine rings is 1. The molecule has 0 fully saturated rings. The number of hydrogen-bond donors (Lipinski definition) is 0. The molecule has 0 aliphatic carbocycles. The molecule has 7 nitrogen and oxygen atoms in total. The number of aromatic nitrogens is 5. The van der Waals surface area contributed by atoms with Crippen LogP contribution in [-0.2, 0) is 30.2 Å². The molecule has 0 unspecified atom stereocenters. The van der Waals surface area contributed by atoms with Gasteiger partial charge in [-0.2, -0.15) is 5.10 Å². The summed E-state index contributed by atoms with van der Waals surface area (Å²) in [5.74, 6) is 2.14. The summed E-state index contributed by atoms with van der Waals surface area (Å²) in [5.41, 5.74) is 12.0. The minimum atomic E-state index is -0.432. The van der Waals surface area contributed by atoms with E-state index in [4.69, 9.17) is 18.9 Å². The summed E-state index contributed by atoms with van der Waals surface area (Å²) in [6.45, 7) is 17.4. The predicted octanol–water partition coefficient (Wildman–Crippen LogP) is 14.3. The number of ether oxygens (including phenoxy) is 1. The Balaban J connectivity index is 1.16. The van der Waals surface area contributed by atoms with Gasteiger partial charge in [-0.1, -0.05) is 6.92 Å². The van der Waals surface area contributed by atoms with Crippen molar-refractivity contribution in [2.24, 2.45) is 0 Å². The van der Waals surface area contributed by atoms with Gasteiger partial charge in [-0.15, -0.1) is 0 Å². The number of nitrogens with zero attached hydrogens (tertiary/aromatic N) is 6. The Hall–Kier alpha value is -6.50. The Morgan fingerprint density at radius 1 is 0.662 bits per heavy atom. The summed E-state index contributed by atoms with van der Waals surface area (Å²) in [4.78, 5) is 7.07. The molecule has 9 aromatic rings. The van der Waals surface area contributed by atoms with Gasteiger partial charge in [0.1, 0.15) is 0 Å². The van der Waals surface area contributed by atoms with Crippen molar-refractivity contribution in [2.45, 2.75) is 72.5 Å². The number of fused-ring (bicyclic) bond motifs is 4. The van der Waals surface area contributed by atoms with E-state index in [9.17, 15) is 2.74 Å². The summed E-state index contributed by atoms with van der Waals surface area (Å²) in [5, 5.41) is 4.74. The Morgan fingerprint density at radius 2 is 1.34 bits per heavy atom. The Bertz CT molecular complexity index is 3560. The zero-order chi connectivity index (χ0) is 49.6. The summed E-state index contributed by atoms with van der Waals surface area (Å²) >= 11 is 2.37. The van der Waals surface area contributed by atoms with Crippen LogP contribution in [0.5, 0.6) is 11.5 Å². The van der Waals surface area contributed by atoms with Crippen molar-refractivity contribution < 1.29 is 30.9 Å². The van der Waals surface area contributed by atoms with Crippen molar-refractivity contribution in [3.05, 3.63) is 184 Å². The van der Waals surface area contributed by atoms with Gasteiger partial charge in [-0.05, 0) is 18.6 Å². The first-order valence-electron chi connectivity index (χ1n) is 24.6. The third-order valence-corrected chi connectivity index (χ3v) is 13.3. The Kier molecular flexibility index (Phi) is 9.34. The van der Waals surface area contributed by atoms with Crippen LogP contribution in [-0.4, -0.2) is 30.8 Å². The first kappa shape index (κ1) is 36.8. The van der Waals surface area contributed by atoms with E-state index in [-0.39, 0.29) is 47.5 Å². The van der Waals surface area contributed by atoms with Gasteiger partial charge >= 0.3 is 359 Å². The molecule has 0 N–H and O–H groups in total. The second kappa shape index (κ2) is 16.5. The average Bonchev–Trinajstić information content (AvgIpc) is 3.94. The normalized spacial score (nSPS) is 13.8. The van der Waals surface area contributed by atoms with Gasteiger partial charge in [0, 0.05) is 12.4 Å². The van der Waals surface area contributed by atoms with Crippen LogP contribution in [0.2, 0.25) is 6.32 Å². The van der Waals surface area contributed by atoms with Gasteiger partial charge in [0.25, 0.3) is 0 Å². The molecule has 65 heavy (non-hydrogen) atoms. The van der Waals surface area contributed by atoms with E-state index in [0.29, 0.717) is 22.7 Å². The summed E-state index contributed by atoms with van der Waals surface area (Å²) in [7, 11) is 0. The molecule has 0 bridgehead atoms. The number of imidazole rings is 1. The van der Waals surface area contributed by atoms with Crippen molar-refractivity contribution in [1.29, 1.82) is 0 Å². The van der Waals surface area contributed by atoms with Crippen LogP contribution in [0.1, 0.15) is 72.0 Å². The third-order valence-electron chi connectivity index (χ3n) is 12.3. The van der Waals surface area contributed by atoms with Gasteiger partial charge in [-0.3, -0.25) is 0 Å². The Morgan fingerprint density at radius 3 is 2.03 bits per heavy atom. The van der Waals surface area contributed by atoms with E-state index in [0.717, 1.165) is 66.3 Å². The topological polar surface area (TPSA) is 53.0 Å². The van der Waals surface area contributed by atoms with E-state index < -0.39 is 6.04 Å². The van der Waals surface area contributed by atoms with Crippen LogP contribution in [0.4, 0.5) is 11.5 Å². The van der Waals surface area contributed by atoms with Crippen LogP contribution in [0, 0.1) is 10.7 Å². The first-order chi connectivity index (χ1) is 33.3. The molecule has 0 radical (unpaired) electrons. The molecule has 0 spiro atoms. The molecule has 1 aliphatic heterocycles. The fourth-order valence-corrected chi connectivity index (χ4v) is 10.0. The van der Waals surface area contributed by atoms with Gasteiger partial charge in [0.15, 0.2) is 0 Å². The molecule has 9 heteroatoms. The molecule has 6 aromatic carbocycles. The van der Waals surface area contributed by atoms with Crippen molar-refractivity contribution in [1.82, 2.24) is 23.8 Å². The monoisotopic (exact) mass is 1040 g/mol. The van der Waals surface area contributed by atoms with E-state index in [2.05, 4.69) is 160 Å². The van der Waals surface area contributed by atoms with Gasteiger partial charge in [0.2, 0.25) is 0 Å². The van der Waals surface area contributed by atoms with E-state index in [1.165, 1.54) is 11.1 Å². The Labute approximate surface area is 400 Å². The number of anilines is 2. The van der Waals surface area contributed by atoms with Crippen LogP contribution in [0.15, 0.2) is 164 Å². The maximum absolute atomic E-state index is 9.26. The standard InChI is InChI=1S/C56H53BN6O.Pt/c1-9-57-62(53-31-38(2)27-29-58-53)52-36-45(25-26-48(52)49-28-30-59-63(49)57)64-44-20-15-19-43(35-44)60-37-61(51-24-14-13-23-50(51)60)54-46(39-17-11-10-12-18-39)21-16-22-47(54)40-32-41(55(3,4)5)34-42(33-40)56(6,7)8;/h10-36H,9H2,1-8H3;/i10D,11D,12D,17D,18D;. The number of para-hydroxylation sites is 3. The van der Waals surface area contributed by atoms with Gasteiger partial charge in [0.05, 0.1) is 0 Å². The first-order valence-corrected chi connectivity index (χ1v) is 23.2. The van der Waals surface area contributed by atoms with Crippen LogP contribution >= 0.6 is 0 Å². The molecule has 0 saturated carbocycles.